The van der Waals surface area contributed by atoms with Gasteiger partial charge in [-0.2, -0.15) is 0 Å². The molecule has 1 aliphatic carbocycles. The molecule has 0 spiro atoms. The van der Waals surface area contributed by atoms with Crippen LogP contribution in [0.5, 0.6) is 0 Å². The zero-order valence-electron chi connectivity index (χ0n) is 23.7. The van der Waals surface area contributed by atoms with Gasteiger partial charge < -0.3 is 15.0 Å². The van der Waals surface area contributed by atoms with E-state index in [1.165, 1.54) is 19.2 Å². The molecule has 8 nitrogen and oxygen atoms in total. The van der Waals surface area contributed by atoms with Crippen LogP contribution in [-0.4, -0.2) is 38.4 Å². The number of amides is 1. The molecule has 0 bridgehead atoms. The van der Waals surface area contributed by atoms with E-state index in [4.69, 9.17) is 4.74 Å². The number of H-pyrrole nitrogens is 1. The number of nitrogens with one attached hydrogen (secondary N) is 3. The number of methoxy groups -OCH3 is 1. The first-order valence-electron chi connectivity index (χ1n) is 13.9. The van der Waals surface area contributed by atoms with Gasteiger partial charge in [0.1, 0.15) is 5.82 Å². The molecule has 1 saturated carbocycles. The number of hydrogen-bond donors (Lipinski definition) is 3. The Hall–Kier alpha value is -4.02. The van der Waals surface area contributed by atoms with Crippen LogP contribution < -0.4 is 10.0 Å². The van der Waals surface area contributed by atoms with Crippen LogP contribution in [0.2, 0.25) is 0 Å². The van der Waals surface area contributed by atoms with Crippen LogP contribution in [0, 0.1) is 18.7 Å². The Bertz CT molecular complexity index is 1720. The molecule has 1 aliphatic rings. The van der Waals surface area contributed by atoms with Gasteiger partial charge in [-0.05, 0) is 93.1 Å². The maximum atomic E-state index is 13.3. The fourth-order valence-corrected chi connectivity index (χ4v) is 6.89. The number of ether oxygens (including phenoxy) is 1. The molecule has 4 aromatic rings. The van der Waals surface area contributed by atoms with E-state index in [0.29, 0.717) is 36.8 Å². The fraction of sp³-hybridized carbons (Fsp3) is 0.312. The zero-order chi connectivity index (χ0) is 30.0. The maximum absolute atomic E-state index is 13.3. The number of hydrogen-bond acceptors (Lipinski definition) is 5. The lowest BCUT2D eigenvalue weighted by Crippen LogP contribution is -2.41. The van der Waals surface area contributed by atoms with Crippen molar-refractivity contribution in [3.63, 3.8) is 0 Å². The van der Waals surface area contributed by atoms with Crippen molar-refractivity contribution in [1.29, 1.82) is 0 Å². The standard InChI is InChI=1S/C32H34FN3O5S/c1-19-16-24(32(38)41-3)9-15-28(19)30-17-23-8-14-27(18-29(23)35-30)42(39,40)36-26-12-6-22(7-13-26)31(37)34-20(2)21-4-10-25(33)11-5-21/h4-5,8-11,14-18,20,22,26,35-36H,6-7,12-13H2,1-3H3,(H,34,37). The highest BCUT2D eigenvalue weighted by atomic mass is 32.2. The normalized spacial score (nSPS) is 18.0. The Kier molecular flexibility index (Phi) is 8.47. The van der Waals surface area contributed by atoms with Gasteiger partial charge in [0.2, 0.25) is 15.9 Å². The second kappa shape index (κ2) is 12.1. The van der Waals surface area contributed by atoms with Gasteiger partial charge in [0.05, 0.1) is 23.6 Å². The van der Waals surface area contributed by atoms with Crippen LogP contribution in [0.4, 0.5) is 4.39 Å². The van der Waals surface area contributed by atoms with Crippen molar-refractivity contribution < 1.29 is 27.1 Å². The number of rotatable bonds is 8. The summed E-state index contributed by atoms with van der Waals surface area (Å²) in [5, 5.41) is 3.86. The summed E-state index contributed by atoms with van der Waals surface area (Å²) in [5.74, 6) is -1.00. The molecular weight excluding hydrogens is 557 g/mol. The van der Waals surface area contributed by atoms with Gasteiger partial charge in [-0.25, -0.2) is 22.3 Å². The Morgan fingerprint density at radius 2 is 1.69 bits per heavy atom. The van der Waals surface area contributed by atoms with Crippen LogP contribution in [0.25, 0.3) is 22.2 Å². The molecule has 1 heterocycles. The second-order valence-corrected chi connectivity index (χ2v) is 12.6. The first-order valence-corrected chi connectivity index (χ1v) is 15.4. The number of aryl methyl sites for hydroxylation is 1. The second-order valence-electron chi connectivity index (χ2n) is 10.9. The number of fused-ring (bicyclic) bond motifs is 1. The van der Waals surface area contributed by atoms with Crippen LogP contribution in [0.1, 0.15) is 60.1 Å². The summed E-state index contributed by atoms with van der Waals surface area (Å²) in [6.07, 6.45) is 2.25. The Labute approximate surface area is 244 Å². The van der Waals surface area contributed by atoms with Crippen LogP contribution in [0.3, 0.4) is 0 Å². The number of aromatic nitrogens is 1. The van der Waals surface area contributed by atoms with Crippen LogP contribution in [0.15, 0.2) is 71.6 Å². The van der Waals surface area contributed by atoms with E-state index in [-0.39, 0.29) is 34.6 Å². The number of esters is 1. The van der Waals surface area contributed by atoms with Crippen LogP contribution >= 0.6 is 0 Å². The minimum absolute atomic E-state index is 0.0729. The van der Waals surface area contributed by atoms with Gasteiger partial charge >= 0.3 is 5.97 Å². The lowest BCUT2D eigenvalue weighted by molar-refractivity contribution is -0.126. The molecule has 0 aliphatic heterocycles. The van der Waals surface area contributed by atoms with Crippen molar-refractivity contribution in [2.75, 3.05) is 7.11 Å². The van der Waals surface area contributed by atoms with Crippen molar-refractivity contribution in [2.45, 2.75) is 56.5 Å². The number of carbonyl (C=O) groups is 2. The average molecular weight is 592 g/mol. The van der Waals surface area contributed by atoms with Crippen molar-refractivity contribution in [2.24, 2.45) is 5.92 Å². The first kappa shape index (κ1) is 29.5. The Morgan fingerprint density at radius 1 is 0.976 bits per heavy atom. The highest BCUT2D eigenvalue weighted by Gasteiger charge is 2.30. The molecule has 3 aromatic carbocycles. The Balaban J connectivity index is 1.21. The van der Waals surface area contributed by atoms with E-state index >= 15 is 0 Å². The summed E-state index contributed by atoms with van der Waals surface area (Å²) < 4.78 is 47.4. The van der Waals surface area contributed by atoms with Gasteiger partial charge in [0, 0.05) is 34.1 Å². The lowest BCUT2D eigenvalue weighted by Gasteiger charge is -2.29. The molecule has 1 unspecified atom stereocenters. The summed E-state index contributed by atoms with van der Waals surface area (Å²) in [6.45, 7) is 3.76. The third-order valence-electron chi connectivity index (χ3n) is 7.99. The lowest BCUT2D eigenvalue weighted by atomic mass is 9.85. The molecule has 0 radical (unpaired) electrons. The van der Waals surface area contributed by atoms with Crippen molar-refractivity contribution in [3.05, 3.63) is 89.2 Å². The zero-order valence-corrected chi connectivity index (χ0v) is 24.6. The molecule has 1 aromatic heterocycles. The monoisotopic (exact) mass is 591 g/mol. The predicted molar refractivity (Wildman–Crippen MR) is 159 cm³/mol. The largest absolute Gasteiger partial charge is 0.465 e. The van der Waals surface area contributed by atoms with E-state index in [0.717, 1.165) is 27.8 Å². The number of halogens is 1. The highest BCUT2D eigenvalue weighted by molar-refractivity contribution is 7.89. The molecule has 1 amide bonds. The van der Waals surface area contributed by atoms with E-state index in [2.05, 4.69) is 15.0 Å². The third kappa shape index (κ3) is 6.39. The topological polar surface area (TPSA) is 117 Å². The van der Waals surface area contributed by atoms with Crippen molar-refractivity contribution in [3.8, 4) is 11.3 Å². The quantitative estimate of drug-likeness (QED) is 0.225. The average Bonchev–Trinajstić information content (AvgIpc) is 3.40. The number of carbonyl (C=O) groups excluding carboxylic acids is 2. The summed E-state index contributed by atoms with van der Waals surface area (Å²) >= 11 is 0. The summed E-state index contributed by atoms with van der Waals surface area (Å²) in [5.41, 5.74) is 4.56. The van der Waals surface area contributed by atoms with Crippen molar-refractivity contribution in [1.82, 2.24) is 15.0 Å². The minimum atomic E-state index is -3.78. The third-order valence-corrected chi connectivity index (χ3v) is 9.51. The van der Waals surface area contributed by atoms with Gasteiger partial charge in [0.25, 0.3) is 0 Å². The summed E-state index contributed by atoms with van der Waals surface area (Å²) in [7, 11) is -2.44. The van der Waals surface area contributed by atoms with Crippen LogP contribution in [-0.2, 0) is 19.6 Å². The number of aromatic amines is 1. The van der Waals surface area contributed by atoms with E-state index in [9.17, 15) is 22.4 Å². The number of benzene rings is 3. The summed E-state index contributed by atoms with van der Waals surface area (Å²) in [6, 6.07) is 17.8. The smallest absolute Gasteiger partial charge is 0.337 e. The highest BCUT2D eigenvalue weighted by Crippen LogP contribution is 2.30. The summed E-state index contributed by atoms with van der Waals surface area (Å²) in [4.78, 5) is 28.1. The molecule has 220 valence electrons. The maximum Gasteiger partial charge on any atom is 0.337 e. The van der Waals surface area contributed by atoms with Gasteiger partial charge in [-0.1, -0.05) is 24.3 Å². The molecule has 0 saturated heterocycles. The SMILES string of the molecule is COC(=O)c1ccc(-c2cc3ccc(S(=O)(=O)NC4CCC(C(=O)NC(C)c5ccc(F)cc5)CC4)cc3[nH]2)c(C)c1. The van der Waals surface area contributed by atoms with E-state index < -0.39 is 16.0 Å². The molecule has 3 N–H and O–H groups in total. The minimum Gasteiger partial charge on any atom is -0.465 e. The molecule has 42 heavy (non-hydrogen) atoms. The van der Waals surface area contributed by atoms with Gasteiger partial charge in [0.15, 0.2) is 0 Å². The van der Waals surface area contributed by atoms with Gasteiger partial charge in [-0.3, -0.25) is 4.79 Å². The molecule has 10 heteroatoms. The molecule has 5 rings (SSSR count). The van der Waals surface area contributed by atoms with Crippen molar-refractivity contribution >= 4 is 32.8 Å². The van der Waals surface area contributed by atoms with E-state index in [1.807, 2.05) is 26.0 Å². The van der Waals surface area contributed by atoms with Gasteiger partial charge in [-0.15, -0.1) is 0 Å². The molecule has 1 fully saturated rings. The fourth-order valence-electron chi connectivity index (χ4n) is 5.56. The number of sulfonamides is 1. The predicted octanol–water partition coefficient (Wildman–Crippen LogP) is 5.78. The molecule has 1 atom stereocenters. The Morgan fingerprint density at radius 3 is 2.36 bits per heavy atom. The molecular formula is C32H34FN3O5S. The van der Waals surface area contributed by atoms with E-state index in [1.54, 1.807) is 42.5 Å². The first-order chi connectivity index (χ1) is 20.0.